The summed E-state index contributed by atoms with van der Waals surface area (Å²) in [5.41, 5.74) is 3.92. The Hall–Kier alpha value is -1.24. The molecule has 0 aliphatic carbocycles. The molecule has 0 aliphatic heterocycles. The second kappa shape index (κ2) is 7.10. The van der Waals surface area contributed by atoms with Gasteiger partial charge in [0, 0.05) is 18.7 Å². The van der Waals surface area contributed by atoms with Gasteiger partial charge in [-0.05, 0) is 24.0 Å². The molecule has 1 N–H and O–H groups in total. The first-order chi connectivity index (χ1) is 7.76. The molecule has 0 amide bonds. The standard InChI is InChI=1S/C15H23N/c1-4-7-14-8-6-9-15(12-14)11-13(3)16-10-5-2/h6,8-9,12,16H,3-5,7,10-11H2,1-2H3. The minimum atomic E-state index is 0.942. The highest BCUT2D eigenvalue weighted by Gasteiger charge is 1.98. The lowest BCUT2D eigenvalue weighted by atomic mass is 10.0. The molecule has 0 spiro atoms. The number of nitrogens with one attached hydrogen (secondary N) is 1. The molecule has 1 aromatic carbocycles. The molecule has 0 saturated heterocycles. The fourth-order valence-corrected chi connectivity index (χ4v) is 1.79. The zero-order chi connectivity index (χ0) is 11.8. The van der Waals surface area contributed by atoms with Crippen LogP contribution in [-0.2, 0) is 12.8 Å². The van der Waals surface area contributed by atoms with E-state index in [1.807, 2.05) is 0 Å². The summed E-state index contributed by atoms with van der Waals surface area (Å²) in [6.07, 6.45) is 4.47. The van der Waals surface area contributed by atoms with Crippen LogP contribution in [-0.4, -0.2) is 6.54 Å². The smallest absolute Gasteiger partial charge is 0.0141 e. The van der Waals surface area contributed by atoms with Gasteiger partial charge in [0.2, 0.25) is 0 Å². The minimum absolute atomic E-state index is 0.942. The maximum absolute atomic E-state index is 4.05. The van der Waals surface area contributed by atoms with Crippen LogP contribution in [0.4, 0.5) is 0 Å². The van der Waals surface area contributed by atoms with Gasteiger partial charge in [-0.2, -0.15) is 0 Å². The molecule has 0 heterocycles. The fourth-order valence-electron chi connectivity index (χ4n) is 1.79. The van der Waals surface area contributed by atoms with Crippen molar-refractivity contribution in [3.8, 4) is 0 Å². The van der Waals surface area contributed by atoms with Crippen LogP contribution in [0.3, 0.4) is 0 Å². The van der Waals surface area contributed by atoms with Crippen molar-refractivity contribution in [1.82, 2.24) is 5.32 Å². The van der Waals surface area contributed by atoms with Crippen LogP contribution >= 0.6 is 0 Å². The molecular weight excluding hydrogens is 194 g/mol. The average Bonchev–Trinajstić information content (AvgIpc) is 2.27. The van der Waals surface area contributed by atoms with E-state index in [4.69, 9.17) is 0 Å². The van der Waals surface area contributed by atoms with Crippen LogP contribution in [0, 0.1) is 0 Å². The lowest BCUT2D eigenvalue weighted by Crippen LogP contribution is -2.14. The summed E-state index contributed by atoms with van der Waals surface area (Å²) in [7, 11) is 0. The molecule has 1 rings (SSSR count). The van der Waals surface area contributed by atoms with Crippen LogP contribution in [0.2, 0.25) is 0 Å². The Bertz CT molecular complexity index is 328. The van der Waals surface area contributed by atoms with Crippen molar-refractivity contribution < 1.29 is 0 Å². The van der Waals surface area contributed by atoms with Crippen LogP contribution in [0.25, 0.3) is 0 Å². The Balaban J connectivity index is 2.52. The van der Waals surface area contributed by atoms with Crippen molar-refractivity contribution in [3.05, 3.63) is 47.7 Å². The summed E-state index contributed by atoms with van der Waals surface area (Å²) in [6, 6.07) is 8.82. The third-order valence-corrected chi connectivity index (χ3v) is 2.57. The quantitative estimate of drug-likeness (QED) is 0.734. The summed E-state index contributed by atoms with van der Waals surface area (Å²) in [6.45, 7) is 9.46. The van der Waals surface area contributed by atoms with Crippen molar-refractivity contribution in [2.45, 2.75) is 39.5 Å². The molecule has 1 nitrogen and oxygen atoms in total. The van der Waals surface area contributed by atoms with Crippen LogP contribution in [0.1, 0.15) is 37.8 Å². The maximum atomic E-state index is 4.05. The number of hydrogen-bond donors (Lipinski definition) is 1. The highest BCUT2D eigenvalue weighted by atomic mass is 14.9. The number of hydrogen-bond acceptors (Lipinski definition) is 1. The van der Waals surface area contributed by atoms with Crippen LogP contribution in [0.15, 0.2) is 36.5 Å². The molecule has 0 bridgehead atoms. The SMILES string of the molecule is C=C(Cc1cccc(CCC)c1)NCCC. The highest BCUT2D eigenvalue weighted by molar-refractivity contribution is 5.26. The van der Waals surface area contributed by atoms with E-state index in [-0.39, 0.29) is 0 Å². The van der Waals surface area contributed by atoms with E-state index in [0.29, 0.717) is 0 Å². The molecule has 0 unspecified atom stereocenters. The second-order valence-corrected chi connectivity index (χ2v) is 4.28. The number of rotatable bonds is 7. The third-order valence-electron chi connectivity index (χ3n) is 2.57. The van der Waals surface area contributed by atoms with Gasteiger partial charge in [-0.1, -0.05) is 51.1 Å². The van der Waals surface area contributed by atoms with Gasteiger partial charge in [-0.25, -0.2) is 0 Å². The fraction of sp³-hybridized carbons (Fsp3) is 0.467. The Morgan fingerprint density at radius 3 is 2.62 bits per heavy atom. The van der Waals surface area contributed by atoms with Crippen molar-refractivity contribution >= 4 is 0 Å². The van der Waals surface area contributed by atoms with Gasteiger partial charge >= 0.3 is 0 Å². The topological polar surface area (TPSA) is 12.0 Å². The summed E-state index contributed by atoms with van der Waals surface area (Å²) in [5, 5.41) is 3.34. The monoisotopic (exact) mass is 217 g/mol. The van der Waals surface area contributed by atoms with Crippen molar-refractivity contribution in [2.75, 3.05) is 6.54 Å². The largest absolute Gasteiger partial charge is 0.389 e. The van der Waals surface area contributed by atoms with E-state index in [1.165, 1.54) is 24.0 Å². The molecule has 88 valence electrons. The minimum Gasteiger partial charge on any atom is -0.389 e. The van der Waals surface area contributed by atoms with Gasteiger partial charge in [0.05, 0.1) is 0 Å². The normalized spacial score (nSPS) is 10.1. The van der Waals surface area contributed by atoms with E-state index in [2.05, 4.69) is 50.0 Å². The maximum Gasteiger partial charge on any atom is 0.0141 e. The third kappa shape index (κ3) is 4.52. The molecule has 0 aliphatic rings. The summed E-state index contributed by atoms with van der Waals surface area (Å²) >= 11 is 0. The lowest BCUT2D eigenvalue weighted by molar-refractivity contribution is 0.752. The van der Waals surface area contributed by atoms with Gasteiger partial charge in [0.25, 0.3) is 0 Å². The molecule has 0 fully saturated rings. The predicted octanol–water partition coefficient (Wildman–Crippen LogP) is 3.69. The molecule has 16 heavy (non-hydrogen) atoms. The first kappa shape index (κ1) is 12.8. The molecule has 0 saturated carbocycles. The second-order valence-electron chi connectivity index (χ2n) is 4.28. The summed E-state index contributed by atoms with van der Waals surface area (Å²) < 4.78 is 0. The van der Waals surface area contributed by atoms with Crippen molar-refractivity contribution in [2.24, 2.45) is 0 Å². The average molecular weight is 217 g/mol. The molecule has 0 aromatic heterocycles. The Kier molecular flexibility index (Phi) is 5.69. The van der Waals surface area contributed by atoms with E-state index in [0.717, 1.165) is 25.1 Å². The molecular formula is C15H23N. The molecule has 0 radical (unpaired) electrons. The van der Waals surface area contributed by atoms with E-state index in [9.17, 15) is 0 Å². The van der Waals surface area contributed by atoms with Crippen LogP contribution < -0.4 is 5.32 Å². The summed E-state index contributed by atoms with van der Waals surface area (Å²) in [4.78, 5) is 0. The first-order valence-electron chi connectivity index (χ1n) is 6.25. The first-order valence-corrected chi connectivity index (χ1v) is 6.25. The van der Waals surface area contributed by atoms with Gasteiger partial charge in [0.15, 0.2) is 0 Å². The van der Waals surface area contributed by atoms with Gasteiger partial charge in [0.1, 0.15) is 0 Å². The lowest BCUT2D eigenvalue weighted by Gasteiger charge is -2.09. The van der Waals surface area contributed by atoms with Gasteiger partial charge < -0.3 is 5.32 Å². The molecule has 0 atom stereocenters. The van der Waals surface area contributed by atoms with Crippen molar-refractivity contribution in [3.63, 3.8) is 0 Å². The number of aryl methyl sites for hydroxylation is 1. The zero-order valence-electron chi connectivity index (χ0n) is 10.6. The van der Waals surface area contributed by atoms with Crippen molar-refractivity contribution in [1.29, 1.82) is 0 Å². The Morgan fingerprint density at radius 2 is 1.94 bits per heavy atom. The van der Waals surface area contributed by atoms with E-state index >= 15 is 0 Å². The Morgan fingerprint density at radius 1 is 1.19 bits per heavy atom. The molecule has 1 heteroatoms. The number of allylic oxidation sites excluding steroid dienone is 1. The zero-order valence-corrected chi connectivity index (χ0v) is 10.6. The molecule has 1 aromatic rings. The number of benzene rings is 1. The van der Waals surface area contributed by atoms with Gasteiger partial charge in [-0.15, -0.1) is 0 Å². The van der Waals surface area contributed by atoms with E-state index in [1.54, 1.807) is 0 Å². The summed E-state index contributed by atoms with van der Waals surface area (Å²) in [5.74, 6) is 0. The predicted molar refractivity (Wildman–Crippen MR) is 71.6 cm³/mol. The Labute approximate surface area is 99.6 Å². The highest BCUT2D eigenvalue weighted by Crippen LogP contribution is 2.10. The van der Waals surface area contributed by atoms with Gasteiger partial charge in [-0.3, -0.25) is 0 Å². The van der Waals surface area contributed by atoms with Crippen LogP contribution in [0.5, 0.6) is 0 Å². The van der Waals surface area contributed by atoms with E-state index < -0.39 is 0 Å².